The van der Waals surface area contributed by atoms with Crippen molar-refractivity contribution in [3.05, 3.63) is 90.0 Å². The van der Waals surface area contributed by atoms with Crippen LogP contribution in [0.2, 0.25) is 0 Å². The van der Waals surface area contributed by atoms with Gasteiger partial charge in [0.2, 0.25) is 0 Å². The van der Waals surface area contributed by atoms with Crippen LogP contribution in [-0.4, -0.2) is 36.6 Å². The molecule has 0 amide bonds. The van der Waals surface area contributed by atoms with Gasteiger partial charge in [-0.3, -0.25) is 4.72 Å². The first-order valence-electron chi connectivity index (χ1n) is 11.7. The molecular formula is C27H27FN4O3S. The predicted molar refractivity (Wildman–Crippen MR) is 139 cm³/mol. The smallest absolute Gasteiger partial charge is 0.261 e. The molecule has 0 aliphatic rings. The molecule has 1 N–H and O–H groups in total. The molecular weight excluding hydrogens is 479 g/mol. The third-order valence-corrected chi connectivity index (χ3v) is 7.64. The Bertz CT molecular complexity index is 1640. The lowest BCUT2D eigenvalue weighted by Crippen LogP contribution is -2.20. The molecule has 0 aliphatic heterocycles. The fourth-order valence-electron chi connectivity index (χ4n) is 4.43. The van der Waals surface area contributed by atoms with E-state index < -0.39 is 10.0 Å². The summed E-state index contributed by atoms with van der Waals surface area (Å²) in [6.07, 6.45) is 3.47. The van der Waals surface area contributed by atoms with Crippen molar-refractivity contribution < 1.29 is 17.3 Å². The highest BCUT2D eigenvalue weighted by atomic mass is 32.2. The number of rotatable bonds is 9. The van der Waals surface area contributed by atoms with E-state index in [1.165, 1.54) is 12.1 Å². The molecule has 9 heteroatoms. The molecule has 186 valence electrons. The summed E-state index contributed by atoms with van der Waals surface area (Å²) in [6, 6.07) is 18.9. The van der Waals surface area contributed by atoms with Gasteiger partial charge >= 0.3 is 0 Å². The van der Waals surface area contributed by atoms with Crippen molar-refractivity contribution in [3.63, 3.8) is 0 Å². The average Bonchev–Trinajstić information content (AvgIpc) is 3.41. The molecule has 7 nitrogen and oxygen atoms in total. The Hall–Kier alpha value is -3.69. The van der Waals surface area contributed by atoms with Crippen LogP contribution in [0.4, 0.5) is 10.1 Å². The summed E-state index contributed by atoms with van der Waals surface area (Å²) >= 11 is 0. The summed E-state index contributed by atoms with van der Waals surface area (Å²) in [7, 11) is 0.230. The molecule has 3 aromatic carbocycles. The summed E-state index contributed by atoms with van der Waals surface area (Å²) in [5.41, 5.74) is 3.78. The number of hydrogen-bond donors (Lipinski definition) is 1. The van der Waals surface area contributed by atoms with Gasteiger partial charge in [0, 0.05) is 47.8 Å². The summed E-state index contributed by atoms with van der Waals surface area (Å²) in [5, 5.41) is 5.79. The number of nitrogens with one attached hydrogen (secondary N) is 1. The van der Waals surface area contributed by atoms with Gasteiger partial charge in [-0.15, -0.1) is 0 Å². The highest BCUT2D eigenvalue weighted by molar-refractivity contribution is 7.92. The first-order valence-corrected chi connectivity index (χ1v) is 13.2. The highest BCUT2D eigenvalue weighted by Crippen LogP contribution is 2.23. The summed E-state index contributed by atoms with van der Waals surface area (Å²) in [5.74, 6) is -0.341. The zero-order valence-corrected chi connectivity index (χ0v) is 20.9. The minimum absolute atomic E-state index is 0.229. The van der Waals surface area contributed by atoms with Gasteiger partial charge in [-0.05, 0) is 80.5 Å². The second-order valence-corrected chi connectivity index (χ2v) is 10.7. The van der Waals surface area contributed by atoms with Crippen LogP contribution in [0, 0.1) is 5.82 Å². The molecule has 0 unspecified atom stereocenters. The normalized spacial score (nSPS) is 12.1. The number of nitrogens with zero attached hydrogens (tertiary/aromatic N) is 3. The molecule has 36 heavy (non-hydrogen) atoms. The predicted octanol–water partition coefficient (Wildman–Crippen LogP) is 5.32. The monoisotopic (exact) mass is 506 g/mol. The SMILES string of the molecule is CN(CCCc1noc2cc(F)ccc12)Cc1cccc(NS(=O)(=O)c2ccc3c(ccn3C)c2)c1. The van der Waals surface area contributed by atoms with Crippen molar-refractivity contribution in [1.82, 2.24) is 14.6 Å². The molecule has 0 spiro atoms. The zero-order valence-electron chi connectivity index (χ0n) is 20.1. The first-order chi connectivity index (χ1) is 17.3. The Labute approximate surface area is 209 Å². The van der Waals surface area contributed by atoms with Gasteiger partial charge in [0.25, 0.3) is 10.0 Å². The van der Waals surface area contributed by atoms with Crippen LogP contribution in [0.5, 0.6) is 0 Å². The molecule has 0 saturated heterocycles. The number of aromatic nitrogens is 2. The number of fused-ring (bicyclic) bond motifs is 2. The second-order valence-electron chi connectivity index (χ2n) is 9.06. The van der Waals surface area contributed by atoms with Crippen LogP contribution in [0.15, 0.2) is 82.3 Å². The third-order valence-electron chi connectivity index (χ3n) is 6.26. The fourth-order valence-corrected chi connectivity index (χ4v) is 5.51. The van der Waals surface area contributed by atoms with Gasteiger partial charge in [-0.25, -0.2) is 12.8 Å². The number of benzene rings is 3. The van der Waals surface area contributed by atoms with Crippen molar-refractivity contribution >= 4 is 37.6 Å². The van der Waals surface area contributed by atoms with E-state index in [-0.39, 0.29) is 10.7 Å². The van der Waals surface area contributed by atoms with Crippen LogP contribution < -0.4 is 4.72 Å². The molecule has 2 aromatic heterocycles. The number of hydrogen-bond acceptors (Lipinski definition) is 5. The lowest BCUT2D eigenvalue weighted by atomic mass is 10.1. The van der Waals surface area contributed by atoms with Gasteiger partial charge in [-0.1, -0.05) is 17.3 Å². The maximum absolute atomic E-state index is 13.3. The molecule has 0 bridgehead atoms. The summed E-state index contributed by atoms with van der Waals surface area (Å²) < 4.78 is 49.2. The van der Waals surface area contributed by atoms with E-state index in [1.54, 1.807) is 24.3 Å². The minimum atomic E-state index is -3.71. The van der Waals surface area contributed by atoms with Gasteiger partial charge in [0.1, 0.15) is 5.82 Å². The lowest BCUT2D eigenvalue weighted by Gasteiger charge is -2.17. The Morgan fingerprint density at radius 1 is 1.08 bits per heavy atom. The van der Waals surface area contributed by atoms with E-state index in [0.29, 0.717) is 24.2 Å². The van der Waals surface area contributed by atoms with Gasteiger partial charge in [-0.2, -0.15) is 0 Å². The zero-order chi connectivity index (χ0) is 25.3. The Morgan fingerprint density at radius 3 is 2.81 bits per heavy atom. The highest BCUT2D eigenvalue weighted by Gasteiger charge is 2.16. The van der Waals surface area contributed by atoms with Crippen LogP contribution >= 0.6 is 0 Å². The number of aryl methyl sites for hydroxylation is 2. The molecule has 2 heterocycles. The number of anilines is 1. The van der Waals surface area contributed by atoms with Crippen LogP contribution in [-0.2, 0) is 30.0 Å². The van der Waals surface area contributed by atoms with E-state index in [4.69, 9.17) is 4.52 Å². The first kappa shape index (κ1) is 24.0. The van der Waals surface area contributed by atoms with E-state index in [9.17, 15) is 12.8 Å². The van der Waals surface area contributed by atoms with Crippen LogP contribution in [0.1, 0.15) is 17.7 Å². The van der Waals surface area contributed by atoms with E-state index in [0.717, 1.165) is 40.5 Å². The minimum Gasteiger partial charge on any atom is -0.356 e. The maximum atomic E-state index is 13.3. The second kappa shape index (κ2) is 9.75. The molecule has 0 saturated carbocycles. The van der Waals surface area contributed by atoms with Gasteiger partial charge in [0.15, 0.2) is 5.58 Å². The third kappa shape index (κ3) is 5.12. The number of sulfonamides is 1. The Kier molecular flexibility index (Phi) is 6.51. The van der Waals surface area contributed by atoms with Crippen LogP contribution in [0.25, 0.3) is 21.9 Å². The van der Waals surface area contributed by atoms with Crippen molar-refractivity contribution in [1.29, 1.82) is 0 Å². The average molecular weight is 507 g/mol. The van der Waals surface area contributed by atoms with E-state index in [2.05, 4.69) is 14.8 Å². The molecule has 5 rings (SSSR count). The molecule has 0 radical (unpaired) electrons. The van der Waals surface area contributed by atoms with E-state index in [1.807, 2.05) is 55.2 Å². The largest absolute Gasteiger partial charge is 0.356 e. The molecule has 0 fully saturated rings. The van der Waals surface area contributed by atoms with Crippen molar-refractivity contribution in [2.24, 2.45) is 7.05 Å². The maximum Gasteiger partial charge on any atom is 0.261 e. The topological polar surface area (TPSA) is 80.4 Å². The van der Waals surface area contributed by atoms with E-state index >= 15 is 0 Å². The summed E-state index contributed by atoms with van der Waals surface area (Å²) in [6.45, 7) is 1.47. The standard InChI is InChI=1S/C27H27FN4O3S/c1-31(13-4-7-25-24-10-8-21(28)17-27(24)35-29-25)18-19-5-3-6-22(15-19)30-36(33,34)23-9-11-26-20(16-23)12-14-32(26)2/h3,5-6,8-12,14-17,30H,4,7,13,18H2,1-2H3. The van der Waals surface area contributed by atoms with Crippen molar-refractivity contribution in [2.75, 3.05) is 18.3 Å². The number of halogens is 1. The van der Waals surface area contributed by atoms with Gasteiger partial charge < -0.3 is 14.0 Å². The fraction of sp³-hybridized carbons (Fsp3) is 0.222. The van der Waals surface area contributed by atoms with Crippen molar-refractivity contribution in [2.45, 2.75) is 24.3 Å². The lowest BCUT2D eigenvalue weighted by molar-refractivity contribution is 0.320. The Balaban J connectivity index is 1.19. The van der Waals surface area contributed by atoms with Crippen LogP contribution in [0.3, 0.4) is 0 Å². The molecule has 0 atom stereocenters. The molecule has 0 aliphatic carbocycles. The van der Waals surface area contributed by atoms with Crippen molar-refractivity contribution in [3.8, 4) is 0 Å². The summed E-state index contributed by atoms with van der Waals surface area (Å²) in [4.78, 5) is 2.39. The quantitative estimate of drug-likeness (QED) is 0.293. The molecule has 5 aromatic rings. The Morgan fingerprint density at radius 2 is 1.94 bits per heavy atom. The van der Waals surface area contributed by atoms with Gasteiger partial charge in [0.05, 0.1) is 10.6 Å².